The summed E-state index contributed by atoms with van der Waals surface area (Å²) >= 11 is 0. The third kappa shape index (κ3) is 3.84. The van der Waals surface area contributed by atoms with Gasteiger partial charge in [-0.25, -0.2) is 5.10 Å². The van der Waals surface area contributed by atoms with Crippen LogP contribution in [-0.2, 0) is 11.3 Å². The van der Waals surface area contributed by atoms with E-state index in [1.165, 1.54) is 14.0 Å². The van der Waals surface area contributed by atoms with Crippen LogP contribution < -0.4 is 10.1 Å². The Morgan fingerprint density at radius 1 is 1.42 bits per heavy atom. The van der Waals surface area contributed by atoms with E-state index < -0.39 is 24.5 Å². The van der Waals surface area contributed by atoms with E-state index in [4.69, 9.17) is 4.74 Å². The van der Waals surface area contributed by atoms with Crippen LogP contribution in [0, 0.1) is 13.8 Å². The lowest BCUT2D eigenvalue weighted by atomic mass is 9.98. The smallest absolute Gasteiger partial charge is 0.408 e. The molecule has 0 aliphatic carbocycles. The van der Waals surface area contributed by atoms with Crippen molar-refractivity contribution in [3.8, 4) is 6.01 Å². The number of halogens is 3. The Morgan fingerprint density at radius 3 is 2.62 bits per heavy atom. The number of nitrogens with zero attached hydrogens (tertiary/aromatic N) is 4. The Labute approximate surface area is 135 Å². The number of H-pyrrole nitrogens is 1. The summed E-state index contributed by atoms with van der Waals surface area (Å²) in [6, 6.07) is 0.0586. The number of hydrogen-bond donors (Lipinski definition) is 2. The van der Waals surface area contributed by atoms with E-state index in [1.807, 2.05) is 0 Å². The number of nitrogens with one attached hydrogen (secondary N) is 2. The van der Waals surface area contributed by atoms with Crippen molar-refractivity contribution in [2.24, 2.45) is 0 Å². The molecule has 1 atom stereocenters. The minimum atomic E-state index is -4.39. The summed E-state index contributed by atoms with van der Waals surface area (Å²) in [5.74, 6) is -1.09. The van der Waals surface area contributed by atoms with Gasteiger partial charge < -0.3 is 4.74 Å². The Hall–Kier alpha value is -2.59. The third-order valence-electron chi connectivity index (χ3n) is 3.48. The number of carbonyl (C=O) groups is 1. The molecule has 0 aliphatic heterocycles. The number of aromatic amines is 1. The maximum atomic E-state index is 12.6. The molecular weight excluding hydrogens is 329 g/mol. The van der Waals surface area contributed by atoms with E-state index in [9.17, 15) is 18.0 Å². The number of rotatable bonds is 5. The first-order valence-electron chi connectivity index (χ1n) is 7.00. The summed E-state index contributed by atoms with van der Waals surface area (Å²) in [4.78, 5) is 16.2. The molecule has 1 amide bonds. The number of hydrogen-bond acceptors (Lipinski definition) is 5. The predicted molar refractivity (Wildman–Crippen MR) is 77.7 cm³/mol. The lowest BCUT2D eigenvalue weighted by Crippen LogP contribution is -2.22. The van der Waals surface area contributed by atoms with Crippen molar-refractivity contribution in [1.29, 1.82) is 0 Å². The normalized spacial score (nSPS) is 13.0. The largest absolute Gasteiger partial charge is 0.466 e. The van der Waals surface area contributed by atoms with E-state index >= 15 is 0 Å². The van der Waals surface area contributed by atoms with Gasteiger partial charge in [0.25, 0.3) is 0 Å². The Morgan fingerprint density at radius 2 is 2.08 bits per heavy atom. The molecule has 0 saturated carbocycles. The fraction of sp³-hybridized carbons (Fsp3) is 0.538. The number of methoxy groups -OCH3 is 1. The van der Waals surface area contributed by atoms with Crippen LogP contribution in [0.1, 0.15) is 29.8 Å². The van der Waals surface area contributed by atoms with Crippen molar-refractivity contribution in [1.82, 2.24) is 25.0 Å². The summed E-state index contributed by atoms with van der Waals surface area (Å²) in [6.45, 7) is 3.45. The van der Waals surface area contributed by atoms with Gasteiger partial charge in [0.05, 0.1) is 18.7 Å². The number of aromatic nitrogens is 5. The topological polar surface area (TPSA) is 97.7 Å². The Kier molecular flexibility index (Phi) is 4.81. The van der Waals surface area contributed by atoms with Crippen LogP contribution >= 0.6 is 0 Å². The van der Waals surface area contributed by atoms with E-state index in [1.54, 1.807) is 13.8 Å². The molecule has 0 aromatic carbocycles. The first-order valence-corrected chi connectivity index (χ1v) is 7.00. The summed E-state index contributed by atoms with van der Waals surface area (Å²) in [5, 5.41) is 12.5. The Bertz CT molecular complexity index is 737. The Balaban J connectivity index is 2.19. The number of anilines is 1. The zero-order chi connectivity index (χ0) is 18.1. The molecule has 0 unspecified atom stereocenters. The summed E-state index contributed by atoms with van der Waals surface area (Å²) in [5.41, 5.74) is 1.11. The zero-order valence-electron chi connectivity index (χ0n) is 13.5. The summed E-state index contributed by atoms with van der Waals surface area (Å²) < 4.78 is 43.4. The molecule has 2 rings (SSSR count). The maximum absolute atomic E-state index is 12.6. The first-order chi connectivity index (χ1) is 11.1. The quantitative estimate of drug-likeness (QED) is 0.862. The van der Waals surface area contributed by atoms with E-state index in [2.05, 4.69) is 25.6 Å². The molecule has 2 aromatic heterocycles. The second-order valence-corrected chi connectivity index (χ2v) is 5.24. The first kappa shape index (κ1) is 17.8. The van der Waals surface area contributed by atoms with Gasteiger partial charge in [-0.15, -0.1) is 5.10 Å². The molecule has 0 aliphatic rings. The number of carbonyl (C=O) groups excluding carboxylic acids is 1. The SMILES string of the molecule is COc1n[nH]c(NC(=O)[C@@H](C)c2c(C)nn(CC(F)(F)F)c2C)n1. The molecule has 2 N–H and O–H groups in total. The number of aryl methyl sites for hydroxylation is 1. The predicted octanol–water partition coefficient (Wildman–Crippen LogP) is 1.93. The molecule has 2 heterocycles. The average Bonchev–Trinajstić information content (AvgIpc) is 3.02. The van der Waals surface area contributed by atoms with Crippen LogP contribution in [0.4, 0.5) is 19.1 Å². The lowest BCUT2D eigenvalue weighted by Gasteiger charge is -2.12. The standard InChI is InChI=1S/C13H17F3N6O2/c1-6(10(23)17-11-18-12(24-4)20-19-11)9-7(2)21-22(8(9)3)5-13(14,15)16/h6H,5H2,1-4H3,(H2,17,18,19,20,23)/t6-/m0/s1. The number of amides is 1. The van der Waals surface area contributed by atoms with Gasteiger partial charge in [0.2, 0.25) is 11.9 Å². The van der Waals surface area contributed by atoms with Gasteiger partial charge in [-0.2, -0.15) is 23.3 Å². The molecular formula is C13H17F3N6O2. The van der Waals surface area contributed by atoms with Gasteiger partial charge in [-0.05, 0) is 20.8 Å². The molecule has 0 spiro atoms. The van der Waals surface area contributed by atoms with Crippen LogP contribution in [-0.4, -0.2) is 44.2 Å². The van der Waals surface area contributed by atoms with Crippen molar-refractivity contribution < 1.29 is 22.7 Å². The monoisotopic (exact) mass is 346 g/mol. The highest BCUT2D eigenvalue weighted by molar-refractivity contribution is 5.94. The van der Waals surface area contributed by atoms with Crippen LogP contribution in [0.5, 0.6) is 6.01 Å². The highest BCUT2D eigenvalue weighted by Gasteiger charge is 2.31. The highest BCUT2D eigenvalue weighted by Crippen LogP contribution is 2.27. The molecule has 2 aromatic rings. The van der Waals surface area contributed by atoms with Gasteiger partial charge in [-0.1, -0.05) is 0 Å². The average molecular weight is 346 g/mol. The fourth-order valence-corrected chi connectivity index (χ4v) is 2.41. The molecule has 24 heavy (non-hydrogen) atoms. The minimum Gasteiger partial charge on any atom is -0.466 e. The van der Waals surface area contributed by atoms with Crippen LogP contribution in [0.2, 0.25) is 0 Å². The number of ether oxygens (including phenoxy) is 1. The van der Waals surface area contributed by atoms with Crippen molar-refractivity contribution in [2.75, 3.05) is 12.4 Å². The van der Waals surface area contributed by atoms with Crippen molar-refractivity contribution >= 4 is 11.9 Å². The van der Waals surface area contributed by atoms with Gasteiger partial charge >= 0.3 is 12.2 Å². The molecule has 8 nitrogen and oxygen atoms in total. The second kappa shape index (κ2) is 6.49. The van der Waals surface area contributed by atoms with Crippen LogP contribution in [0.15, 0.2) is 0 Å². The van der Waals surface area contributed by atoms with Crippen molar-refractivity contribution in [3.63, 3.8) is 0 Å². The summed E-state index contributed by atoms with van der Waals surface area (Å²) in [7, 11) is 1.37. The highest BCUT2D eigenvalue weighted by atomic mass is 19.4. The molecule has 0 radical (unpaired) electrons. The number of alkyl halides is 3. The van der Waals surface area contributed by atoms with Gasteiger partial charge in [0.1, 0.15) is 6.54 Å². The minimum absolute atomic E-state index is 0.0586. The van der Waals surface area contributed by atoms with Gasteiger partial charge in [0.15, 0.2) is 0 Å². The van der Waals surface area contributed by atoms with E-state index in [0.717, 1.165) is 4.68 Å². The lowest BCUT2D eigenvalue weighted by molar-refractivity contribution is -0.143. The van der Waals surface area contributed by atoms with Crippen molar-refractivity contribution in [3.05, 3.63) is 17.0 Å². The molecule has 132 valence electrons. The zero-order valence-corrected chi connectivity index (χ0v) is 13.5. The van der Waals surface area contributed by atoms with Gasteiger partial charge in [-0.3, -0.25) is 14.8 Å². The fourth-order valence-electron chi connectivity index (χ4n) is 2.41. The molecule has 0 fully saturated rings. The van der Waals surface area contributed by atoms with Gasteiger partial charge in [0, 0.05) is 11.3 Å². The van der Waals surface area contributed by atoms with Crippen LogP contribution in [0.3, 0.4) is 0 Å². The maximum Gasteiger partial charge on any atom is 0.408 e. The third-order valence-corrected chi connectivity index (χ3v) is 3.48. The van der Waals surface area contributed by atoms with E-state index in [-0.39, 0.29) is 12.0 Å². The van der Waals surface area contributed by atoms with Crippen molar-refractivity contribution in [2.45, 2.75) is 39.4 Å². The van der Waals surface area contributed by atoms with Crippen LogP contribution in [0.25, 0.3) is 0 Å². The second-order valence-electron chi connectivity index (χ2n) is 5.24. The molecule has 0 saturated heterocycles. The van der Waals surface area contributed by atoms with E-state index in [0.29, 0.717) is 17.0 Å². The molecule has 11 heteroatoms. The summed E-state index contributed by atoms with van der Waals surface area (Å²) in [6.07, 6.45) is -4.39. The molecule has 0 bridgehead atoms.